The first-order valence-corrected chi connectivity index (χ1v) is 11.6. The zero-order chi connectivity index (χ0) is 25.4. The molecule has 0 aromatic heterocycles. The first kappa shape index (κ1) is 26.0. The Hall–Kier alpha value is -3.61. The molecule has 3 N–H and O–H groups in total. The summed E-state index contributed by atoms with van der Waals surface area (Å²) in [5.41, 5.74) is 3.24. The van der Waals surface area contributed by atoms with Gasteiger partial charge in [0.05, 0.1) is 55.3 Å². The standard InChI is InChI=1S/C26H32N4O5/c1-17(2)24-16-35-11-10-30(24)23-9-6-19(20(15-34-3)13-25(31)32)12-22(23)29-26(33)28-21-7-4-18(14-27)5-8-21/h4-9,12,17,20,24H,10-11,13,15-16H2,1-3H3,(H,31,32)(H2,28,29,33)/t20?,24-/m1/s1. The largest absolute Gasteiger partial charge is 0.481 e. The van der Waals surface area contributed by atoms with E-state index in [2.05, 4.69) is 29.4 Å². The number of benzene rings is 2. The molecule has 0 saturated carbocycles. The van der Waals surface area contributed by atoms with Gasteiger partial charge in [-0.2, -0.15) is 5.26 Å². The quantitative estimate of drug-likeness (QED) is 0.490. The van der Waals surface area contributed by atoms with Crippen molar-refractivity contribution in [3.05, 3.63) is 53.6 Å². The van der Waals surface area contributed by atoms with Crippen LogP contribution in [0, 0.1) is 17.2 Å². The molecule has 186 valence electrons. The number of carboxylic acids is 1. The molecule has 0 bridgehead atoms. The molecule has 9 heteroatoms. The lowest BCUT2D eigenvalue weighted by molar-refractivity contribution is -0.137. The minimum Gasteiger partial charge on any atom is -0.481 e. The number of aliphatic carboxylic acids is 1. The van der Waals surface area contributed by atoms with Crippen LogP contribution in [0.3, 0.4) is 0 Å². The molecule has 1 unspecified atom stereocenters. The molecule has 0 spiro atoms. The Balaban J connectivity index is 1.94. The Kier molecular flexibility index (Phi) is 9.06. The van der Waals surface area contributed by atoms with Crippen LogP contribution in [0.1, 0.15) is 37.3 Å². The fourth-order valence-corrected chi connectivity index (χ4v) is 4.23. The maximum Gasteiger partial charge on any atom is 0.323 e. The third-order valence-electron chi connectivity index (χ3n) is 6.05. The lowest BCUT2D eigenvalue weighted by Crippen LogP contribution is -2.48. The zero-order valence-corrected chi connectivity index (χ0v) is 20.3. The molecule has 2 aromatic rings. The number of anilines is 3. The van der Waals surface area contributed by atoms with Crippen LogP contribution in [0.5, 0.6) is 0 Å². The number of morpholine rings is 1. The summed E-state index contributed by atoms with van der Waals surface area (Å²) in [5, 5.41) is 24.1. The van der Waals surface area contributed by atoms with Crippen LogP contribution in [-0.4, -0.2) is 56.6 Å². The monoisotopic (exact) mass is 480 g/mol. The molecule has 9 nitrogen and oxygen atoms in total. The van der Waals surface area contributed by atoms with Crippen LogP contribution < -0.4 is 15.5 Å². The predicted octanol–water partition coefficient (Wildman–Crippen LogP) is 4.27. The minimum absolute atomic E-state index is 0.0871. The highest BCUT2D eigenvalue weighted by molar-refractivity contribution is 6.02. The summed E-state index contributed by atoms with van der Waals surface area (Å²) in [6.07, 6.45) is -0.0871. The maximum absolute atomic E-state index is 12.9. The van der Waals surface area contributed by atoms with Gasteiger partial charge in [-0.05, 0) is 47.9 Å². The van der Waals surface area contributed by atoms with Crippen LogP contribution in [0.25, 0.3) is 0 Å². The van der Waals surface area contributed by atoms with E-state index in [4.69, 9.17) is 14.7 Å². The third-order valence-corrected chi connectivity index (χ3v) is 6.05. The summed E-state index contributed by atoms with van der Waals surface area (Å²) in [6.45, 7) is 6.34. The van der Waals surface area contributed by atoms with E-state index in [0.717, 1.165) is 11.3 Å². The molecule has 35 heavy (non-hydrogen) atoms. The number of amides is 2. The van der Waals surface area contributed by atoms with E-state index < -0.39 is 12.0 Å². The molecule has 2 aromatic carbocycles. The average molecular weight is 481 g/mol. The van der Waals surface area contributed by atoms with Gasteiger partial charge in [0.2, 0.25) is 0 Å². The Bertz CT molecular complexity index is 1060. The smallest absolute Gasteiger partial charge is 0.323 e. The van der Waals surface area contributed by atoms with E-state index >= 15 is 0 Å². The van der Waals surface area contributed by atoms with E-state index in [0.29, 0.717) is 42.6 Å². The molecule has 1 aliphatic rings. The fraction of sp³-hybridized carbons (Fsp3) is 0.423. The SMILES string of the molecule is COCC(CC(=O)O)c1ccc(N2CCOC[C@@H]2C(C)C)c(NC(=O)Nc2ccc(C#N)cc2)c1. The lowest BCUT2D eigenvalue weighted by atomic mass is 9.94. The van der Waals surface area contributed by atoms with Crippen molar-refractivity contribution in [1.82, 2.24) is 0 Å². The second-order valence-corrected chi connectivity index (χ2v) is 8.87. The van der Waals surface area contributed by atoms with Gasteiger partial charge in [-0.15, -0.1) is 0 Å². The number of carbonyl (C=O) groups excluding carboxylic acids is 1. The molecule has 2 amide bonds. The predicted molar refractivity (Wildman–Crippen MR) is 134 cm³/mol. The highest BCUT2D eigenvalue weighted by Gasteiger charge is 2.28. The van der Waals surface area contributed by atoms with Crippen LogP contribution in [0.15, 0.2) is 42.5 Å². The molecular formula is C26H32N4O5. The van der Waals surface area contributed by atoms with Crippen molar-refractivity contribution in [2.45, 2.75) is 32.2 Å². The highest BCUT2D eigenvalue weighted by Crippen LogP contribution is 2.35. The summed E-state index contributed by atoms with van der Waals surface area (Å²) >= 11 is 0. The van der Waals surface area contributed by atoms with Crippen molar-refractivity contribution < 1.29 is 24.2 Å². The minimum atomic E-state index is -0.919. The second kappa shape index (κ2) is 12.2. The average Bonchev–Trinajstić information content (AvgIpc) is 2.84. The van der Waals surface area contributed by atoms with Gasteiger partial charge in [-0.1, -0.05) is 19.9 Å². The number of rotatable bonds is 9. The van der Waals surface area contributed by atoms with E-state index in [1.807, 2.05) is 24.3 Å². The molecule has 1 fully saturated rings. The normalized spacial score (nSPS) is 16.4. The van der Waals surface area contributed by atoms with Gasteiger partial charge in [0, 0.05) is 25.3 Å². The van der Waals surface area contributed by atoms with Gasteiger partial charge in [0.15, 0.2) is 0 Å². The van der Waals surface area contributed by atoms with Gasteiger partial charge in [0.25, 0.3) is 0 Å². The molecule has 0 aliphatic carbocycles. The molecule has 0 radical (unpaired) electrons. The summed E-state index contributed by atoms with van der Waals surface area (Å²) in [6, 6.07) is 14.0. The Morgan fingerprint density at radius 3 is 2.60 bits per heavy atom. The van der Waals surface area contributed by atoms with Crippen molar-refractivity contribution in [3.63, 3.8) is 0 Å². The van der Waals surface area contributed by atoms with E-state index in [9.17, 15) is 14.7 Å². The number of ether oxygens (including phenoxy) is 2. The number of nitrogens with zero attached hydrogens (tertiary/aromatic N) is 2. The zero-order valence-electron chi connectivity index (χ0n) is 20.3. The molecular weight excluding hydrogens is 448 g/mol. The van der Waals surface area contributed by atoms with Gasteiger partial charge >= 0.3 is 12.0 Å². The second-order valence-electron chi connectivity index (χ2n) is 8.87. The molecule has 1 aliphatic heterocycles. The van der Waals surface area contributed by atoms with Crippen molar-refractivity contribution in [3.8, 4) is 6.07 Å². The Morgan fingerprint density at radius 1 is 1.23 bits per heavy atom. The van der Waals surface area contributed by atoms with Crippen molar-refractivity contribution in [2.24, 2.45) is 5.92 Å². The number of nitriles is 1. The molecule has 1 saturated heterocycles. The first-order chi connectivity index (χ1) is 16.8. The van der Waals surface area contributed by atoms with Gasteiger partial charge in [-0.25, -0.2) is 4.79 Å². The Labute approximate surface area is 205 Å². The summed E-state index contributed by atoms with van der Waals surface area (Å²) in [5.74, 6) is -0.958. The van der Waals surface area contributed by atoms with Gasteiger partial charge in [0.1, 0.15) is 0 Å². The van der Waals surface area contributed by atoms with E-state index in [1.54, 1.807) is 24.3 Å². The molecule has 1 heterocycles. The van der Waals surface area contributed by atoms with Crippen LogP contribution >= 0.6 is 0 Å². The third kappa shape index (κ3) is 6.94. The maximum atomic E-state index is 12.9. The van der Waals surface area contributed by atoms with Gasteiger partial charge < -0.3 is 30.1 Å². The topological polar surface area (TPSA) is 124 Å². The number of hydrogen-bond donors (Lipinski definition) is 3. The van der Waals surface area contributed by atoms with Crippen molar-refractivity contribution in [1.29, 1.82) is 5.26 Å². The van der Waals surface area contributed by atoms with Gasteiger partial charge in [-0.3, -0.25) is 4.79 Å². The number of carboxylic acid groups (broad SMARTS) is 1. The molecule has 3 rings (SSSR count). The van der Waals surface area contributed by atoms with E-state index in [-0.39, 0.29) is 25.0 Å². The molecule has 2 atom stereocenters. The summed E-state index contributed by atoms with van der Waals surface area (Å²) < 4.78 is 11.0. The van der Waals surface area contributed by atoms with Crippen LogP contribution in [0.2, 0.25) is 0 Å². The summed E-state index contributed by atoms with van der Waals surface area (Å²) in [4.78, 5) is 26.6. The van der Waals surface area contributed by atoms with E-state index in [1.165, 1.54) is 7.11 Å². The van der Waals surface area contributed by atoms with Crippen LogP contribution in [-0.2, 0) is 14.3 Å². The lowest BCUT2D eigenvalue weighted by Gasteiger charge is -2.40. The highest BCUT2D eigenvalue weighted by atomic mass is 16.5. The Morgan fingerprint density at radius 2 is 1.97 bits per heavy atom. The number of urea groups is 1. The summed E-state index contributed by atoms with van der Waals surface area (Å²) in [7, 11) is 1.54. The number of nitrogens with one attached hydrogen (secondary N) is 2. The number of methoxy groups -OCH3 is 1. The number of carbonyl (C=O) groups is 2. The fourth-order valence-electron chi connectivity index (χ4n) is 4.23. The number of hydrogen-bond acceptors (Lipinski definition) is 6. The van der Waals surface area contributed by atoms with Crippen molar-refractivity contribution in [2.75, 3.05) is 49.0 Å². The van der Waals surface area contributed by atoms with Crippen LogP contribution in [0.4, 0.5) is 21.9 Å². The first-order valence-electron chi connectivity index (χ1n) is 11.6. The van der Waals surface area contributed by atoms with Crippen molar-refractivity contribution >= 4 is 29.1 Å².